The molecule has 1 N–H and O–H groups in total. The first-order chi connectivity index (χ1) is 15.3. The summed E-state index contributed by atoms with van der Waals surface area (Å²) in [4.78, 5) is 14.9. The summed E-state index contributed by atoms with van der Waals surface area (Å²) in [6.45, 7) is 28.3. The van der Waals surface area contributed by atoms with E-state index < -0.39 is 26.1 Å². The Bertz CT molecular complexity index is 971. The van der Waals surface area contributed by atoms with E-state index in [0.29, 0.717) is 29.9 Å². The number of ether oxygens (including phenoxy) is 1. The summed E-state index contributed by atoms with van der Waals surface area (Å²) in [5, 5.41) is 11.2. The first-order valence-electron chi connectivity index (χ1n) is 11.9. The fraction of sp³-hybridized carbons (Fsp3) is 0.607. The number of aromatic hydroxyl groups is 1. The Hall–Kier alpha value is -2.23. The van der Waals surface area contributed by atoms with Gasteiger partial charge in [-0.05, 0) is 89.4 Å². The number of nitrogens with zero attached hydrogens (tertiary/aromatic N) is 1. The van der Waals surface area contributed by atoms with Crippen LogP contribution in [0.5, 0.6) is 5.75 Å². The van der Waals surface area contributed by atoms with E-state index in [0.717, 1.165) is 11.1 Å². The molecular formula is C28H45NO4Si. The number of allylic oxidation sites excluding steroid dienone is 1. The summed E-state index contributed by atoms with van der Waals surface area (Å²) in [6.07, 6.45) is -0.0421. The average molecular weight is 488 g/mol. The van der Waals surface area contributed by atoms with E-state index in [4.69, 9.17) is 9.16 Å². The van der Waals surface area contributed by atoms with Crippen LogP contribution in [0.1, 0.15) is 72.1 Å². The van der Waals surface area contributed by atoms with Gasteiger partial charge in [0.05, 0.1) is 11.7 Å². The normalized spacial score (nSPS) is 13.1. The third-order valence-electron chi connectivity index (χ3n) is 6.25. The van der Waals surface area contributed by atoms with E-state index >= 15 is 0 Å². The lowest BCUT2D eigenvalue weighted by Crippen LogP contribution is -2.43. The lowest BCUT2D eigenvalue weighted by Gasteiger charge is -2.36. The van der Waals surface area contributed by atoms with Crippen molar-refractivity contribution in [2.75, 3.05) is 11.5 Å². The van der Waals surface area contributed by atoms with Crippen LogP contribution in [0.15, 0.2) is 18.2 Å². The van der Waals surface area contributed by atoms with Crippen LogP contribution in [0.3, 0.4) is 0 Å². The van der Waals surface area contributed by atoms with E-state index in [-0.39, 0.29) is 10.8 Å². The largest absolute Gasteiger partial charge is 0.507 e. The molecule has 0 aliphatic carbocycles. The maximum absolute atomic E-state index is 13.4. The molecule has 190 valence electrons. The van der Waals surface area contributed by atoms with E-state index in [1.807, 2.05) is 54.5 Å². The monoisotopic (exact) mass is 487 g/mol. The Kier molecular flexibility index (Phi) is 9.65. The zero-order chi connectivity index (χ0) is 26.6. The van der Waals surface area contributed by atoms with Crippen LogP contribution < -0.4 is 4.90 Å². The van der Waals surface area contributed by atoms with Gasteiger partial charge < -0.3 is 14.3 Å². The predicted molar refractivity (Wildman–Crippen MR) is 145 cm³/mol. The van der Waals surface area contributed by atoms with Gasteiger partial charge in [0.15, 0.2) is 8.32 Å². The standard InChI is InChI=1S/C28H45NO4Si/c1-19(2)14-15-21(4)29(26(31)33-27(6,7)8)24-18-20(3)22(5)25(30)23(24)16-17-32-34(12,13)28(9,10)11/h18,21,30H,1,16-17H2,2-13H3. The molecule has 5 nitrogen and oxygen atoms in total. The average Bonchev–Trinajstić information content (AvgIpc) is 2.64. The molecular weight excluding hydrogens is 442 g/mol. The minimum absolute atomic E-state index is 0.0796. The molecule has 1 aromatic carbocycles. The maximum atomic E-state index is 13.4. The van der Waals surface area contributed by atoms with Gasteiger partial charge in [0.25, 0.3) is 0 Å². The number of benzene rings is 1. The molecule has 6 heteroatoms. The Morgan fingerprint density at radius 1 is 1.21 bits per heavy atom. The first-order valence-corrected chi connectivity index (χ1v) is 14.8. The second-order valence-corrected chi connectivity index (χ2v) is 16.4. The molecule has 0 aliphatic rings. The molecule has 0 aliphatic heterocycles. The minimum Gasteiger partial charge on any atom is -0.507 e. The van der Waals surface area contributed by atoms with Gasteiger partial charge in [-0.1, -0.05) is 39.2 Å². The summed E-state index contributed by atoms with van der Waals surface area (Å²) in [5.41, 5.74) is 2.96. The van der Waals surface area contributed by atoms with Crippen molar-refractivity contribution in [1.29, 1.82) is 0 Å². The number of anilines is 1. The topological polar surface area (TPSA) is 59.0 Å². The fourth-order valence-electron chi connectivity index (χ4n) is 3.09. The smallest absolute Gasteiger partial charge is 0.415 e. The van der Waals surface area contributed by atoms with Crippen molar-refractivity contribution in [3.8, 4) is 17.6 Å². The van der Waals surface area contributed by atoms with Crippen LogP contribution in [-0.4, -0.2) is 37.8 Å². The molecule has 0 saturated heterocycles. The number of carbonyl (C=O) groups excluding carboxylic acids is 1. The van der Waals surface area contributed by atoms with Gasteiger partial charge in [0.2, 0.25) is 0 Å². The van der Waals surface area contributed by atoms with Crippen molar-refractivity contribution in [3.63, 3.8) is 0 Å². The molecule has 1 rings (SSSR count). The van der Waals surface area contributed by atoms with E-state index in [1.165, 1.54) is 4.90 Å². The zero-order valence-corrected chi connectivity index (χ0v) is 24.4. The molecule has 1 amide bonds. The number of phenolic OH excluding ortho intramolecular Hbond substituents is 1. The molecule has 1 atom stereocenters. The van der Waals surface area contributed by atoms with Crippen molar-refractivity contribution >= 4 is 20.1 Å². The van der Waals surface area contributed by atoms with Crippen molar-refractivity contribution in [1.82, 2.24) is 0 Å². The summed E-state index contributed by atoms with van der Waals surface area (Å²) >= 11 is 0. The van der Waals surface area contributed by atoms with Crippen LogP contribution in [0.2, 0.25) is 18.1 Å². The number of phenols is 1. The highest BCUT2D eigenvalue weighted by molar-refractivity contribution is 6.74. The van der Waals surface area contributed by atoms with Crippen molar-refractivity contribution < 1.29 is 19.1 Å². The Balaban J connectivity index is 3.57. The van der Waals surface area contributed by atoms with Gasteiger partial charge in [-0.3, -0.25) is 4.90 Å². The van der Waals surface area contributed by atoms with E-state index in [2.05, 4.69) is 52.3 Å². The molecule has 1 unspecified atom stereocenters. The van der Waals surface area contributed by atoms with Gasteiger partial charge in [0, 0.05) is 18.6 Å². The summed E-state index contributed by atoms with van der Waals surface area (Å²) in [7, 11) is -1.96. The lowest BCUT2D eigenvalue weighted by atomic mass is 9.98. The highest BCUT2D eigenvalue weighted by Crippen LogP contribution is 2.39. The number of hydrogen-bond acceptors (Lipinski definition) is 4. The van der Waals surface area contributed by atoms with Gasteiger partial charge in [-0.15, -0.1) is 0 Å². The summed E-state index contributed by atoms with van der Waals surface area (Å²) < 4.78 is 12.1. The number of hydrogen-bond donors (Lipinski definition) is 1. The third kappa shape index (κ3) is 7.92. The zero-order valence-electron chi connectivity index (χ0n) is 23.4. The number of aryl methyl sites for hydroxylation is 1. The lowest BCUT2D eigenvalue weighted by molar-refractivity contribution is 0.0574. The second-order valence-electron chi connectivity index (χ2n) is 11.6. The fourth-order valence-corrected chi connectivity index (χ4v) is 4.13. The molecule has 0 aromatic heterocycles. The van der Waals surface area contributed by atoms with E-state index in [9.17, 15) is 9.90 Å². The van der Waals surface area contributed by atoms with Gasteiger partial charge in [-0.2, -0.15) is 0 Å². The molecule has 0 fully saturated rings. The van der Waals surface area contributed by atoms with Crippen LogP contribution in [0, 0.1) is 25.7 Å². The minimum atomic E-state index is -1.96. The van der Waals surface area contributed by atoms with E-state index in [1.54, 1.807) is 0 Å². The number of rotatable bonds is 6. The van der Waals surface area contributed by atoms with Gasteiger partial charge in [-0.25, -0.2) is 4.79 Å². The highest BCUT2D eigenvalue weighted by Gasteiger charge is 2.37. The van der Waals surface area contributed by atoms with Gasteiger partial charge >= 0.3 is 6.09 Å². The van der Waals surface area contributed by atoms with Crippen LogP contribution >= 0.6 is 0 Å². The molecule has 34 heavy (non-hydrogen) atoms. The summed E-state index contributed by atoms with van der Waals surface area (Å²) in [5.74, 6) is 6.26. The van der Waals surface area contributed by atoms with Crippen molar-refractivity contribution in [2.45, 2.75) is 105 Å². The second kappa shape index (κ2) is 11.0. The Morgan fingerprint density at radius 3 is 2.24 bits per heavy atom. The summed E-state index contributed by atoms with van der Waals surface area (Å²) in [6, 6.07) is 1.44. The Labute approximate surface area is 208 Å². The molecule has 0 heterocycles. The van der Waals surface area contributed by atoms with Crippen molar-refractivity contribution in [2.24, 2.45) is 0 Å². The highest BCUT2D eigenvalue weighted by atomic mass is 28.4. The molecule has 1 aromatic rings. The predicted octanol–water partition coefficient (Wildman–Crippen LogP) is 7.28. The number of carbonyl (C=O) groups is 1. The SMILES string of the molecule is C=C(C)C#CC(C)N(C(=O)OC(C)(C)C)c1cc(C)c(C)c(O)c1CCO[Si](C)(C)C(C)(C)C. The van der Waals surface area contributed by atoms with Crippen LogP contribution in [0.25, 0.3) is 0 Å². The molecule has 0 bridgehead atoms. The molecule has 0 spiro atoms. The maximum Gasteiger partial charge on any atom is 0.415 e. The van der Waals surface area contributed by atoms with Crippen LogP contribution in [0.4, 0.5) is 10.5 Å². The third-order valence-corrected chi connectivity index (χ3v) is 10.8. The van der Waals surface area contributed by atoms with Gasteiger partial charge in [0.1, 0.15) is 11.4 Å². The quantitative estimate of drug-likeness (QED) is 0.338. The van der Waals surface area contributed by atoms with Crippen LogP contribution in [-0.2, 0) is 15.6 Å². The molecule has 0 radical (unpaired) electrons. The first kappa shape index (κ1) is 29.8. The number of amides is 1. The molecule has 0 saturated carbocycles. The van der Waals surface area contributed by atoms with Crippen molar-refractivity contribution in [3.05, 3.63) is 34.9 Å². The Morgan fingerprint density at radius 2 is 1.76 bits per heavy atom.